The van der Waals surface area contributed by atoms with Crippen molar-refractivity contribution in [1.82, 2.24) is 4.98 Å². The number of hydrogen-bond donors (Lipinski definition) is 1. The first-order chi connectivity index (χ1) is 12.9. The number of thioether (sulfide) groups is 1. The number of nitrogens with zero attached hydrogens (tertiary/aromatic N) is 2. The van der Waals surface area contributed by atoms with Crippen molar-refractivity contribution in [2.24, 2.45) is 11.7 Å². The first kappa shape index (κ1) is 17.8. The van der Waals surface area contributed by atoms with E-state index in [2.05, 4.69) is 13.8 Å². The molecule has 1 aromatic heterocycles. The van der Waals surface area contributed by atoms with Gasteiger partial charge >= 0.3 is 0 Å². The standard InChI is InChI=1S/C21H21N3O2S/c1-11(2)10-13-6-9-15-17(22)16-18(27-19(15)23-13)21(26)24(20(16)25)14-7-4-12(3)5-8-14/h4-9,11,18H,10,22H2,1-3H3/t18-/m1/s1. The van der Waals surface area contributed by atoms with Gasteiger partial charge in [-0.1, -0.05) is 43.3 Å². The van der Waals surface area contributed by atoms with Gasteiger partial charge in [-0.2, -0.15) is 0 Å². The quantitative estimate of drug-likeness (QED) is 0.828. The molecule has 0 bridgehead atoms. The summed E-state index contributed by atoms with van der Waals surface area (Å²) in [4.78, 5) is 32.0. The molecule has 0 aliphatic carbocycles. The second kappa shape index (κ2) is 6.53. The van der Waals surface area contributed by atoms with E-state index in [1.165, 1.54) is 16.7 Å². The molecule has 0 unspecified atom stereocenters. The number of amides is 2. The smallest absolute Gasteiger partial charge is 0.264 e. The van der Waals surface area contributed by atoms with Crippen LogP contribution in [0.5, 0.6) is 0 Å². The Bertz CT molecular complexity index is 979. The Labute approximate surface area is 162 Å². The molecule has 3 heterocycles. The van der Waals surface area contributed by atoms with E-state index < -0.39 is 5.25 Å². The topological polar surface area (TPSA) is 76.3 Å². The maximum absolute atomic E-state index is 13.0. The molecule has 0 radical (unpaired) electrons. The Morgan fingerprint density at radius 2 is 1.85 bits per heavy atom. The van der Waals surface area contributed by atoms with E-state index in [9.17, 15) is 9.59 Å². The fourth-order valence-corrected chi connectivity index (χ4v) is 4.69. The summed E-state index contributed by atoms with van der Waals surface area (Å²) >= 11 is 1.32. The summed E-state index contributed by atoms with van der Waals surface area (Å²) in [5.41, 5.74) is 10.4. The monoisotopic (exact) mass is 379 g/mol. The Kier molecular flexibility index (Phi) is 4.30. The van der Waals surface area contributed by atoms with Crippen LogP contribution in [0.3, 0.4) is 0 Å². The number of rotatable bonds is 3. The number of benzene rings is 1. The number of imide groups is 1. The van der Waals surface area contributed by atoms with Crippen molar-refractivity contribution in [2.45, 2.75) is 37.5 Å². The molecule has 5 nitrogen and oxygen atoms in total. The van der Waals surface area contributed by atoms with Gasteiger partial charge in [-0.3, -0.25) is 9.59 Å². The second-order valence-corrected chi connectivity index (χ2v) is 8.49. The number of pyridine rings is 1. The van der Waals surface area contributed by atoms with Crippen LogP contribution < -0.4 is 10.6 Å². The molecular formula is C21H21N3O2S. The Morgan fingerprint density at radius 3 is 2.52 bits per heavy atom. The number of nitrogens with two attached hydrogens (primary N) is 1. The van der Waals surface area contributed by atoms with Gasteiger partial charge in [-0.15, -0.1) is 0 Å². The Balaban J connectivity index is 1.75. The van der Waals surface area contributed by atoms with Crippen molar-refractivity contribution < 1.29 is 9.59 Å². The van der Waals surface area contributed by atoms with Crippen molar-refractivity contribution in [3.8, 4) is 0 Å². The fraction of sp³-hybridized carbons (Fsp3) is 0.286. The minimum Gasteiger partial charge on any atom is -0.398 e. The zero-order valence-electron chi connectivity index (χ0n) is 15.5. The van der Waals surface area contributed by atoms with E-state index in [0.29, 0.717) is 22.9 Å². The lowest BCUT2D eigenvalue weighted by Gasteiger charge is -2.20. The first-order valence-electron chi connectivity index (χ1n) is 8.98. The molecule has 2 N–H and O–H groups in total. The van der Waals surface area contributed by atoms with Crippen LogP contribution in [0, 0.1) is 12.8 Å². The highest BCUT2D eigenvalue weighted by molar-refractivity contribution is 8.01. The van der Waals surface area contributed by atoms with Gasteiger partial charge in [0.15, 0.2) is 0 Å². The highest BCUT2D eigenvalue weighted by atomic mass is 32.2. The largest absolute Gasteiger partial charge is 0.398 e. The zero-order chi connectivity index (χ0) is 19.3. The van der Waals surface area contributed by atoms with E-state index >= 15 is 0 Å². The number of carbonyl (C=O) groups excluding carboxylic acids is 2. The third kappa shape index (κ3) is 2.94. The Hall–Kier alpha value is -2.60. The number of aryl methyl sites for hydroxylation is 1. The van der Waals surface area contributed by atoms with Crippen molar-refractivity contribution >= 4 is 35.0 Å². The number of carbonyl (C=O) groups is 2. The molecule has 138 valence electrons. The van der Waals surface area contributed by atoms with Crippen LogP contribution in [0.25, 0.3) is 5.70 Å². The maximum atomic E-state index is 13.0. The number of anilines is 1. The molecule has 2 amide bonds. The summed E-state index contributed by atoms with van der Waals surface area (Å²) in [5.74, 6) is -0.108. The van der Waals surface area contributed by atoms with Crippen molar-refractivity contribution in [1.29, 1.82) is 0 Å². The summed E-state index contributed by atoms with van der Waals surface area (Å²) in [6, 6.07) is 11.2. The molecule has 2 aromatic rings. The van der Waals surface area contributed by atoms with Gasteiger partial charge in [0, 0.05) is 11.3 Å². The minimum atomic E-state index is -0.631. The van der Waals surface area contributed by atoms with Gasteiger partial charge in [0.1, 0.15) is 10.3 Å². The highest BCUT2D eigenvalue weighted by Gasteiger charge is 2.48. The zero-order valence-corrected chi connectivity index (χ0v) is 16.3. The lowest BCUT2D eigenvalue weighted by molar-refractivity contribution is -0.120. The molecule has 0 spiro atoms. The van der Waals surface area contributed by atoms with Crippen molar-refractivity contribution in [3.63, 3.8) is 0 Å². The third-order valence-electron chi connectivity index (χ3n) is 4.78. The van der Waals surface area contributed by atoms with Crippen LogP contribution in [0.15, 0.2) is 47.0 Å². The molecule has 1 fully saturated rings. The molecule has 27 heavy (non-hydrogen) atoms. The molecule has 6 heteroatoms. The van der Waals surface area contributed by atoms with Gasteiger partial charge in [-0.25, -0.2) is 9.88 Å². The third-order valence-corrected chi connectivity index (χ3v) is 5.99. The predicted octanol–water partition coefficient (Wildman–Crippen LogP) is 3.31. The van der Waals surface area contributed by atoms with Crippen molar-refractivity contribution in [2.75, 3.05) is 4.90 Å². The normalized spacial score (nSPS) is 19.0. The molecule has 1 saturated heterocycles. The van der Waals surface area contributed by atoms with Crippen LogP contribution in [0.2, 0.25) is 0 Å². The van der Waals surface area contributed by atoms with E-state index in [1.807, 2.05) is 31.2 Å². The maximum Gasteiger partial charge on any atom is 0.264 e. The molecule has 2 aliphatic rings. The van der Waals surface area contributed by atoms with E-state index in [1.54, 1.807) is 12.1 Å². The number of hydrogen-bond acceptors (Lipinski definition) is 5. The van der Waals surface area contributed by atoms with Crippen LogP contribution in [0.4, 0.5) is 5.69 Å². The molecule has 1 atom stereocenters. The van der Waals surface area contributed by atoms with Gasteiger partial charge in [0.05, 0.1) is 17.0 Å². The summed E-state index contributed by atoms with van der Waals surface area (Å²) < 4.78 is 0. The second-order valence-electron chi connectivity index (χ2n) is 7.39. The average Bonchev–Trinajstić information content (AvgIpc) is 2.86. The van der Waals surface area contributed by atoms with Gasteiger partial charge < -0.3 is 5.73 Å². The average molecular weight is 379 g/mol. The van der Waals surface area contributed by atoms with Crippen LogP contribution >= 0.6 is 11.8 Å². The molecule has 4 rings (SSSR count). The predicted molar refractivity (Wildman–Crippen MR) is 107 cm³/mol. The van der Waals surface area contributed by atoms with E-state index in [0.717, 1.165) is 28.3 Å². The fourth-order valence-electron chi connectivity index (χ4n) is 3.44. The minimum absolute atomic E-state index is 0.256. The van der Waals surface area contributed by atoms with Crippen LogP contribution in [0.1, 0.15) is 30.7 Å². The molecule has 0 saturated carbocycles. The highest BCUT2D eigenvalue weighted by Crippen LogP contribution is 2.44. The lowest BCUT2D eigenvalue weighted by Crippen LogP contribution is -2.31. The summed E-state index contributed by atoms with van der Waals surface area (Å²) in [6.45, 7) is 6.24. The molecule has 2 aliphatic heterocycles. The molecule has 1 aromatic carbocycles. The van der Waals surface area contributed by atoms with Crippen LogP contribution in [-0.4, -0.2) is 22.0 Å². The summed E-state index contributed by atoms with van der Waals surface area (Å²) in [7, 11) is 0. The van der Waals surface area contributed by atoms with Crippen LogP contribution in [-0.2, 0) is 16.0 Å². The number of aromatic nitrogens is 1. The number of fused-ring (bicyclic) bond motifs is 2. The lowest BCUT2D eigenvalue weighted by atomic mass is 10.0. The van der Waals surface area contributed by atoms with Gasteiger partial charge in [0.25, 0.3) is 11.8 Å². The summed E-state index contributed by atoms with van der Waals surface area (Å²) in [6.07, 6.45) is 0.858. The SMILES string of the molecule is Cc1ccc(N2C(=O)C3=C(N)c4ccc(CC(C)C)nc4S[C@H]3C2=O)cc1. The van der Waals surface area contributed by atoms with Gasteiger partial charge in [-0.05, 0) is 43.5 Å². The summed E-state index contributed by atoms with van der Waals surface area (Å²) in [5, 5.41) is 0.0967. The van der Waals surface area contributed by atoms with Gasteiger partial charge in [0.2, 0.25) is 0 Å². The molecular weight excluding hydrogens is 358 g/mol. The van der Waals surface area contributed by atoms with E-state index in [-0.39, 0.29) is 11.8 Å². The first-order valence-corrected chi connectivity index (χ1v) is 9.86. The van der Waals surface area contributed by atoms with E-state index in [4.69, 9.17) is 10.7 Å². The Morgan fingerprint density at radius 1 is 1.15 bits per heavy atom. The van der Waals surface area contributed by atoms with Crippen molar-refractivity contribution in [3.05, 3.63) is 58.8 Å².